The maximum absolute atomic E-state index is 5.18. The molecule has 4 heteroatoms. The Morgan fingerprint density at radius 1 is 0.550 bits per heavy atom. The van der Waals surface area contributed by atoms with Crippen LogP contribution in [0.25, 0.3) is 50.0 Å². The SMILES string of the molecule is c1ccc(-c2cc(-c3ccccc3)nc(N3CCc4ccc5c6ccccc6n(-c6ccccc6)c5c43)n2)cc1. The lowest BCUT2D eigenvalue weighted by Crippen LogP contribution is -2.18. The fourth-order valence-electron chi connectivity index (χ4n) is 6.04. The molecule has 5 aromatic carbocycles. The summed E-state index contributed by atoms with van der Waals surface area (Å²) >= 11 is 0. The average molecular weight is 515 g/mol. The molecule has 8 rings (SSSR count). The molecule has 0 N–H and O–H groups in total. The molecule has 0 amide bonds. The van der Waals surface area contributed by atoms with Crippen molar-refractivity contribution in [3.8, 4) is 28.2 Å². The standard InChI is InChI=1S/C36H26N4/c1-4-12-25(13-5-1)31-24-32(26-14-6-2-7-15-26)38-36(37-31)39-23-22-27-20-21-30-29-18-10-11-19-33(29)40(35(30)34(27)39)28-16-8-3-9-17-28/h1-21,24H,22-23H2. The number of hydrogen-bond acceptors (Lipinski definition) is 3. The highest BCUT2D eigenvalue weighted by atomic mass is 15.3. The average Bonchev–Trinajstić information content (AvgIpc) is 3.62. The normalized spacial score (nSPS) is 12.8. The first kappa shape index (κ1) is 22.7. The van der Waals surface area contributed by atoms with Crippen molar-refractivity contribution in [2.45, 2.75) is 6.42 Å². The summed E-state index contributed by atoms with van der Waals surface area (Å²) in [4.78, 5) is 12.7. The van der Waals surface area contributed by atoms with Crippen molar-refractivity contribution in [2.75, 3.05) is 11.4 Å². The van der Waals surface area contributed by atoms with Gasteiger partial charge >= 0.3 is 0 Å². The molecule has 0 radical (unpaired) electrons. The van der Waals surface area contributed by atoms with Gasteiger partial charge in [-0.2, -0.15) is 0 Å². The van der Waals surface area contributed by atoms with Crippen LogP contribution < -0.4 is 4.90 Å². The van der Waals surface area contributed by atoms with Crippen LogP contribution in [0.2, 0.25) is 0 Å². The molecule has 0 saturated carbocycles. The highest BCUT2D eigenvalue weighted by Crippen LogP contribution is 2.44. The van der Waals surface area contributed by atoms with E-state index < -0.39 is 0 Å². The van der Waals surface area contributed by atoms with Crippen LogP contribution in [0.4, 0.5) is 11.6 Å². The lowest BCUT2D eigenvalue weighted by Gasteiger charge is -2.21. The third-order valence-electron chi connectivity index (χ3n) is 7.88. The van der Waals surface area contributed by atoms with Crippen molar-refractivity contribution in [2.24, 2.45) is 0 Å². The Kier molecular flexibility index (Phi) is 5.23. The number of aromatic nitrogens is 3. The monoisotopic (exact) mass is 514 g/mol. The third-order valence-corrected chi connectivity index (χ3v) is 7.88. The predicted molar refractivity (Wildman–Crippen MR) is 164 cm³/mol. The Bertz CT molecular complexity index is 1940. The fraction of sp³-hybridized carbons (Fsp3) is 0.0556. The lowest BCUT2D eigenvalue weighted by molar-refractivity contribution is 0.943. The summed E-state index contributed by atoms with van der Waals surface area (Å²) in [5.74, 6) is 0.733. The van der Waals surface area contributed by atoms with Gasteiger partial charge in [0.15, 0.2) is 0 Å². The molecule has 40 heavy (non-hydrogen) atoms. The van der Waals surface area contributed by atoms with Crippen LogP contribution in [0.15, 0.2) is 133 Å². The third kappa shape index (κ3) is 3.61. The van der Waals surface area contributed by atoms with Gasteiger partial charge in [-0.05, 0) is 36.2 Å². The molecule has 0 fully saturated rings. The molecule has 190 valence electrons. The van der Waals surface area contributed by atoms with Gasteiger partial charge in [0, 0.05) is 34.1 Å². The minimum Gasteiger partial charge on any atom is -0.308 e. The highest BCUT2D eigenvalue weighted by molar-refractivity contribution is 6.14. The van der Waals surface area contributed by atoms with E-state index in [9.17, 15) is 0 Å². The number of para-hydroxylation sites is 2. The first-order valence-corrected chi connectivity index (χ1v) is 13.7. The van der Waals surface area contributed by atoms with Gasteiger partial charge in [-0.3, -0.25) is 0 Å². The number of fused-ring (bicyclic) bond motifs is 5. The summed E-state index contributed by atoms with van der Waals surface area (Å²) in [5.41, 5.74) is 10.1. The van der Waals surface area contributed by atoms with Crippen molar-refractivity contribution in [1.29, 1.82) is 0 Å². The number of benzene rings is 5. The molecule has 0 aliphatic carbocycles. The van der Waals surface area contributed by atoms with E-state index in [1.807, 2.05) is 12.1 Å². The van der Waals surface area contributed by atoms with Gasteiger partial charge in [0.25, 0.3) is 0 Å². The summed E-state index contributed by atoms with van der Waals surface area (Å²) < 4.78 is 2.40. The zero-order valence-corrected chi connectivity index (χ0v) is 21.9. The number of nitrogens with zero attached hydrogens (tertiary/aromatic N) is 4. The molecule has 2 aromatic heterocycles. The second-order valence-electron chi connectivity index (χ2n) is 10.2. The molecule has 4 nitrogen and oxygen atoms in total. The Hall–Kier alpha value is -5.22. The van der Waals surface area contributed by atoms with Crippen LogP contribution in [0.5, 0.6) is 0 Å². The molecule has 0 atom stereocenters. The summed E-state index contributed by atoms with van der Waals surface area (Å²) in [6.07, 6.45) is 0.946. The molecule has 0 saturated heterocycles. The molecular formula is C36H26N4. The molecule has 7 aromatic rings. The minimum atomic E-state index is 0.733. The van der Waals surface area contributed by atoms with Gasteiger partial charge in [0.05, 0.1) is 28.1 Å². The summed E-state index contributed by atoms with van der Waals surface area (Å²) in [6, 6.07) is 46.8. The van der Waals surface area contributed by atoms with Crippen LogP contribution in [0, 0.1) is 0 Å². The van der Waals surface area contributed by atoms with E-state index in [0.29, 0.717) is 0 Å². The van der Waals surface area contributed by atoms with E-state index in [0.717, 1.165) is 47.1 Å². The second kappa shape index (κ2) is 9.21. The lowest BCUT2D eigenvalue weighted by atomic mass is 10.1. The van der Waals surface area contributed by atoms with E-state index >= 15 is 0 Å². The van der Waals surface area contributed by atoms with E-state index in [2.05, 4.69) is 131 Å². The summed E-state index contributed by atoms with van der Waals surface area (Å²) in [5, 5.41) is 2.49. The maximum atomic E-state index is 5.18. The predicted octanol–water partition coefficient (Wildman–Crippen LogP) is 8.60. The smallest absolute Gasteiger partial charge is 0.231 e. The molecule has 0 bridgehead atoms. The topological polar surface area (TPSA) is 34.0 Å². The van der Waals surface area contributed by atoms with Gasteiger partial charge < -0.3 is 9.47 Å². The van der Waals surface area contributed by atoms with Crippen molar-refractivity contribution in [3.05, 3.63) is 139 Å². The van der Waals surface area contributed by atoms with Crippen LogP contribution in [-0.2, 0) is 6.42 Å². The van der Waals surface area contributed by atoms with Gasteiger partial charge in [-0.1, -0.05) is 109 Å². The van der Waals surface area contributed by atoms with Crippen molar-refractivity contribution in [3.63, 3.8) is 0 Å². The first-order chi connectivity index (χ1) is 19.8. The zero-order chi connectivity index (χ0) is 26.5. The minimum absolute atomic E-state index is 0.733. The highest BCUT2D eigenvalue weighted by Gasteiger charge is 2.29. The van der Waals surface area contributed by atoms with Gasteiger partial charge in [-0.15, -0.1) is 0 Å². The maximum Gasteiger partial charge on any atom is 0.231 e. The van der Waals surface area contributed by atoms with Crippen LogP contribution >= 0.6 is 0 Å². The molecule has 0 unspecified atom stereocenters. The first-order valence-electron chi connectivity index (χ1n) is 13.7. The largest absolute Gasteiger partial charge is 0.308 e. The van der Waals surface area contributed by atoms with Crippen LogP contribution in [0.1, 0.15) is 5.56 Å². The van der Waals surface area contributed by atoms with E-state index in [4.69, 9.17) is 9.97 Å². The van der Waals surface area contributed by atoms with Crippen LogP contribution in [-0.4, -0.2) is 21.1 Å². The van der Waals surface area contributed by atoms with Gasteiger partial charge in [0.2, 0.25) is 5.95 Å². The zero-order valence-electron chi connectivity index (χ0n) is 21.9. The second-order valence-corrected chi connectivity index (χ2v) is 10.2. The van der Waals surface area contributed by atoms with E-state index in [1.165, 1.54) is 33.1 Å². The Morgan fingerprint density at radius 3 is 1.82 bits per heavy atom. The number of hydrogen-bond donors (Lipinski definition) is 0. The van der Waals surface area contributed by atoms with Gasteiger partial charge in [0.1, 0.15) is 0 Å². The summed E-state index contributed by atoms with van der Waals surface area (Å²) in [6.45, 7) is 0.831. The molecular weight excluding hydrogens is 488 g/mol. The quantitative estimate of drug-likeness (QED) is 0.236. The van der Waals surface area contributed by atoms with Crippen molar-refractivity contribution < 1.29 is 0 Å². The molecule has 0 spiro atoms. The van der Waals surface area contributed by atoms with E-state index in [-0.39, 0.29) is 0 Å². The van der Waals surface area contributed by atoms with Gasteiger partial charge in [-0.25, -0.2) is 9.97 Å². The fourth-order valence-corrected chi connectivity index (χ4v) is 6.04. The molecule has 1 aliphatic rings. The number of anilines is 2. The van der Waals surface area contributed by atoms with Crippen molar-refractivity contribution in [1.82, 2.24) is 14.5 Å². The Balaban J connectivity index is 1.41. The molecule has 3 heterocycles. The van der Waals surface area contributed by atoms with E-state index in [1.54, 1.807) is 0 Å². The van der Waals surface area contributed by atoms with Crippen LogP contribution in [0.3, 0.4) is 0 Å². The Morgan fingerprint density at radius 2 is 1.15 bits per heavy atom. The molecule has 1 aliphatic heterocycles. The Labute approximate surface area is 232 Å². The number of rotatable bonds is 4. The summed E-state index contributed by atoms with van der Waals surface area (Å²) in [7, 11) is 0. The van der Waals surface area contributed by atoms with Crippen molar-refractivity contribution >= 4 is 33.4 Å².